The first-order valence-electron chi connectivity index (χ1n) is 9.16. The predicted molar refractivity (Wildman–Crippen MR) is 95.9 cm³/mol. The normalized spacial score (nSPS) is 23.2. The number of rotatable bonds is 4. The molecule has 0 aromatic carbocycles. The fourth-order valence-corrected chi connectivity index (χ4v) is 3.56. The first kappa shape index (κ1) is 19.3. The van der Waals surface area contributed by atoms with Crippen molar-refractivity contribution in [1.29, 1.82) is 0 Å². The second kappa shape index (κ2) is 8.51. The third kappa shape index (κ3) is 4.85. The number of hydrogen-bond donors (Lipinski definition) is 2. The van der Waals surface area contributed by atoms with E-state index in [1.165, 1.54) is 11.0 Å². The van der Waals surface area contributed by atoms with Gasteiger partial charge in [-0.15, -0.1) is 0 Å². The number of aromatic nitrogens is 1. The van der Waals surface area contributed by atoms with E-state index in [-0.39, 0.29) is 25.0 Å². The number of aliphatic carboxylic acids is 1. The molecule has 1 aromatic rings. The minimum atomic E-state index is -0.885. The van der Waals surface area contributed by atoms with Crippen LogP contribution < -0.4 is 10.2 Å². The van der Waals surface area contributed by atoms with Gasteiger partial charge in [0, 0.05) is 38.9 Å². The summed E-state index contributed by atoms with van der Waals surface area (Å²) in [6.07, 6.45) is 2.12. The number of piperidine rings is 1. The third-order valence-corrected chi connectivity index (χ3v) is 4.93. The molecule has 0 spiro atoms. The molecule has 0 aliphatic carbocycles. The van der Waals surface area contributed by atoms with Crippen LogP contribution in [0.5, 0.6) is 0 Å². The first-order chi connectivity index (χ1) is 12.9. The molecular formula is C18H25FN4O4. The van der Waals surface area contributed by atoms with Gasteiger partial charge in [-0.05, 0) is 24.0 Å². The smallest absolute Gasteiger partial charge is 0.317 e. The Bertz CT molecular complexity index is 696. The van der Waals surface area contributed by atoms with Gasteiger partial charge in [-0.3, -0.25) is 4.79 Å². The number of urea groups is 1. The molecule has 2 N–H and O–H groups in total. The van der Waals surface area contributed by atoms with Gasteiger partial charge >= 0.3 is 12.0 Å². The Hall–Kier alpha value is -2.42. The lowest BCUT2D eigenvalue weighted by Gasteiger charge is -2.34. The second-order valence-electron chi connectivity index (χ2n) is 7.19. The van der Waals surface area contributed by atoms with E-state index in [4.69, 9.17) is 4.74 Å². The van der Waals surface area contributed by atoms with E-state index in [1.54, 1.807) is 6.20 Å². The number of amides is 2. The molecule has 2 amide bonds. The van der Waals surface area contributed by atoms with E-state index in [0.717, 1.165) is 0 Å². The summed E-state index contributed by atoms with van der Waals surface area (Å²) in [5.74, 6) is -1.45. The zero-order valence-corrected chi connectivity index (χ0v) is 15.4. The fourth-order valence-electron chi connectivity index (χ4n) is 3.56. The molecule has 3 rings (SSSR count). The van der Waals surface area contributed by atoms with Gasteiger partial charge in [0.2, 0.25) is 0 Å². The molecule has 2 aliphatic heterocycles. The molecule has 3 heterocycles. The maximum atomic E-state index is 14.4. The number of carbonyl (C=O) groups is 2. The number of pyridine rings is 1. The quantitative estimate of drug-likeness (QED) is 0.818. The molecule has 0 radical (unpaired) electrons. The van der Waals surface area contributed by atoms with Gasteiger partial charge in [-0.1, -0.05) is 6.92 Å². The summed E-state index contributed by atoms with van der Waals surface area (Å²) in [7, 11) is 0. The molecule has 148 valence electrons. The molecule has 2 unspecified atom stereocenters. The summed E-state index contributed by atoms with van der Waals surface area (Å²) in [6, 6.07) is 1.03. The number of nitrogens with one attached hydrogen (secondary N) is 1. The van der Waals surface area contributed by atoms with Crippen LogP contribution in [0, 0.1) is 17.7 Å². The number of anilines is 1. The van der Waals surface area contributed by atoms with Crippen LogP contribution in [0.25, 0.3) is 0 Å². The minimum absolute atomic E-state index is 0.123. The van der Waals surface area contributed by atoms with Crippen molar-refractivity contribution in [2.45, 2.75) is 19.9 Å². The maximum absolute atomic E-state index is 14.4. The van der Waals surface area contributed by atoms with E-state index in [2.05, 4.69) is 10.3 Å². The number of hydrogen-bond acceptors (Lipinski definition) is 5. The second-order valence-corrected chi connectivity index (χ2v) is 7.19. The SMILES string of the molecule is CC1CC(C(=O)O)CN(C(=O)NCc2cnc(N3CCOCC3)c(F)c2)C1. The highest BCUT2D eigenvalue weighted by atomic mass is 19.1. The lowest BCUT2D eigenvalue weighted by Crippen LogP contribution is -2.49. The van der Waals surface area contributed by atoms with Crippen LogP contribution in [0.4, 0.5) is 15.0 Å². The number of carboxylic acid groups (broad SMARTS) is 1. The van der Waals surface area contributed by atoms with Crippen LogP contribution in [0.1, 0.15) is 18.9 Å². The van der Waals surface area contributed by atoms with Crippen molar-refractivity contribution in [2.24, 2.45) is 11.8 Å². The Morgan fingerprint density at radius 1 is 1.37 bits per heavy atom. The van der Waals surface area contributed by atoms with E-state index >= 15 is 0 Å². The summed E-state index contributed by atoms with van der Waals surface area (Å²) in [4.78, 5) is 31.1. The summed E-state index contributed by atoms with van der Waals surface area (Å²) < 4.78 is 19.6. The number of halogens is 1. The summed E-state index contributed by atoms with van der Waals surface area (Å²) in [6.45, 7) is 5.05. The highest BCUT2D eigenvalue weighted by molar-refractivity contribution is 5.76. The van der Waals surface area contributed by atoms with Crippen molar-refractivity contribution in [2.75, 3.05) is 44.3 Å². The number of carboxylic acids is 1. The molecule has 2 fully saturated rings. The van der Waals surface area contributed by atoms with Crippen LogP contribution in [0.15, 0.2) is 12.3 Å². The zero-order valence-electron chi connectivity index (χ0n) is 15.4. The number of carbonyl (C=O) groups excluding carboxylic acids is 1. The Balaban J connectivity index is 1.57. The van der Waals surface area contributed by atoms with Crippen molar-refractivity contribution in [3.63, 3.8) is 0 Å². The first-order valence-corrected chi connectivity index (χ1v) is 9.16. The Morgan fingerprint density at radius 2 is 2.11 bits per heavy atom. The monoisotopic (exact) mass is 380 g/mol. The number of ether oxygens (including phenoxy) is 1. The Morgan fingerprint density at radius 3 is 2.78 bits per heavy atom. The van der Waals surface area contributed by atoms with Gasteiger partial charge in [0.05, 0.1) is 19.1 Å². The molecule has 9 heteroatoms. The topological polar surface area (TPSA) is 95.0 Å². The molecule has 0 saturated carbocycles. The highest BCUT2D eigenvalue weighted by Crippen LogP contribution is 2.22. The fraction of sp³-hybridized carbons (Fsp3) is 0.611. The molecule has 8 nitrogen and oxygen atoms in total. The summed E-state index contributed by atoms with van der Waals surface area (Å²) in [5.41, 5.74) is 0.553. The summed E-state index contributed by atoms with van der Waals surface area (Å²) >= 11 is 0. The number of likely N-dealkylation sites (tertiary alicyclic amines) is 1. The average molecular weight is 380 g/mol. The van der Waals surface area contributed by atoms with Gasteiger partial charge in [0.15, 0.2) is 11.6 Å². The van der Waals surface area contributed by atoms with Crippen molar-refractivity contribution < 1.29 is 23.8 Å². The van der Waals surface area contributed by atoms with Gasteiger partial charge in [-0.2, -0.15) is 0 Å². The third-order valence-electron chi connectivity index (χ3n) is 4.93. The van der Waals surface area contributed by atoms with Gasteiger partial charge in [0.1, 0.15) is 0 Å². The van der Waals surface area contributed by atoms with Gasteiger partial charge < -0.3 is 25.0 Å². The van der Waals surface area contributed by atoms with Crippen LogP contribution >= 0.6 is 0 Å². The number of nitrogens with zero attached hydrogens (tertiary/aromatic N) is 3. The van der Waals surface area contributed by atoms with Crippen molar-refractivity contribution in [3.8, 4) is 0 Å². The van der Waals surface area contributed by atoms with E-state index in [1.807, 2.05) is 11.8 Å². The van der Waals surface area contributed by atoms with Gasteiger partial charge in [-0.25, -0.2) is 14.2 Å². The molecule has 2 aliphatic rings. The van der Waals surface area contributed by atoms with Crippen LogP contribution in [0.3, 0.4) is 0 Å². The number of morpholine rings is 1. The maximum Gasteiger partial charge on any atom is 0.317 e. The molecule has 1 aromatic heterocycles. The standard InChI is InChI=1S/C18H25FN4O4/c1-12-6-14(17(24)25)11-23(10-12)18(26)21-9-13-7-15(19)16(20-8-13)22-2-4-27-5-3-22/h7-8,12,14H,2-6,9-11H2,1H3,(H,21,26)(H,24,25). The zero-order chi connectivity index (χ0) is 19.4. The molecule has 2 atom stereocenters. The van der Waals surface area contributed by atoms with Crippen molar-refractivity contribution in [3.05, 3.63) is 23.6 Å². The van der Waals surface area contributed by atoms with E-state index in [9.17, 15) is 19.1 Å². The molecule has 0 bridgehead atoms. The van der Waals surface area contributed by atoms with Crippen molar-refractivity contribution >= 4 is 17.8 Å². The van der Waals surface area contributed by atoms with Crippen molar-refractivity contribution in [1.82, 2.24) is 15.2 Å². The molecule has 27 heavy (non-hydrogen) atoms. The summed E-state index contributed by atoms with van der Waals surface area (Å²) in [5, 5.41) is 11.9. The minimum Gasteiger partial charge on any atom is -0.481 e. The largest absolute Gasteiger partial charge is 0.481 e. The lowest BCUT2D eigenvalue weighted by atomic mass is 9.91. The Kier molecular flexibility index (Phi) is 6.10. The van der Waals surface area contributed by atoms with E-state index < -0.39 is 17.7 Å². The molecular weight excluding hydrogens is 355 g/mol. The van der Waals surface area contributed by atoms with Crippen LogP contribution in [-0.2, 0) is 16.1 Å². The van der Waals surface area contributed by atoms with E-state index in [0.29, 0.717) is 50.7 Å². The van der Waals surface area contributed by atoms with Crippen LogP contribution in [0.2, 0.25) is 0 Å². The molecule has 2 saturated heterocycles. The van der Waals surface area contributed by atoms with Crippen LogP contribution in [-0.4, -0.2) is 66.4 Å². The predicted octanol–water partition coefficient (Wildman–Crippen LogP) is 1.31. The van der Waals surface area contributed by atoms with Gasteiger partial charge in [0.25, 0.3) is 0 Å². The average Bonchev–Trinajstić information content (AvgIpc) is 2.66. The highest BCUT2D eigenvalue weighted by Gasteiger charge is 2.31. The lowest BCUT2D eigenvalue weighted by molar-refractivity contribution is -0.143. The Labute approximate surface area is 157 Å².